The van der Waals surface area contributed by atoms with Gasteiger partial charge in [0.1, 0.15) is 5.78 Å². The molecule has 86 valence electrons. The predicted octanol–water partition coefficient (Wildman–Crippen LogP) is 1.47. The van der Waals surface area contributed by atoms with Gasteiger partial charge in [-0.25, -0.2) is 0 Å². The third kappa shape index (κ3) is 2.79. The number of carbonyl (C=O) groups excluding carboxylic acids is 1. The maximum atomic E-state index is 11.4. The lowest BCUT2D eigenvalue weighted by atomic mass is 9.93. The average Bonchev–Trinajstić information content (AvgIpc) is 2.67. The molecule has 2 rings (SSSR count). The molecule has 3 nitrogen and oxygen atoms in total. The maximum Gasteiger partial charge on any atom is 0.134 e. The highest BCUT2D eigenvalue weighted by Crippen LogP contribution is 2.26. The molecule has 1 saturated carbocycles. The molecule has 2 fully saturated rings. The van der Waals surface area contributed by atoms with Crippen LogP contribution < -0.4 is 0 Å². The van der Waals surface area contributed by atoms with E-state index in [1.54, 1.807) is 7.11 Å². The molecule has 15 heavy (non-hydrogen) atoms. The number of Topliss-reactive ketones (excluding diaryl/α,β-unsaturated/α-hetero) is 1. The van der Waals surface area contributed by atoms with Crippen LogP contribution in [-0.2, 0) is 9.53 Å². The molecule has 0 aromatic heterocycles. The molecular formula is C12H21NO2. The van der Waals surface area contributed by atoms with Gasteiger partial charge in [0.25, 0.3) is 0 Å². The molecule has 1 saturated heterocycles. The second kappa shape index (κ2) is 5.08. The number of rotatable bonds is 3. The van der Waals surface area contributed by atoms with Crippen molar-refractivity contribution >= 4 is 5.78 Å². The van der Waals surface area contributed by atoms with Crippen LogP contribution in [0.25, 0.3) is 0 Å². The molecule has 2 unspecified atom stereocenters. The zero-order valence-corrected chi connectivity index (χ0v) is 9.58. The standard InChI is InChI=1S/C12H21NO2/c1-15-9-10-5-6-13(8-10)11-3-2-4-12(14)7-11/h10-11H,2-9H2,1H3. The van der Waals surface area contributed by atoms with Gasteiger partial charge >= 0.3 is 0 Å². The van der Waals surface area contributed by atoms with Crippen LogP contribution in [0.1, 0.15) is 32.1 Å². The van der Waals surface area contributed by atoms with Crippen LogP contribution in [0.15, 0.2) is 0 Å². The highest BCUT2D eigenvalue weighted by molar-refractivity contribution is 5.79. The van der Waals surface area contributed by atoms with Crippen LogP contribution in [0.4, 0.5) is 0 Å². The molecule has 2 aliphatic rings. The number of likely N-dealkylation sites (tertiary alicyclic amines) is 1. The highest BCUT2D eigenvalue weighted by atomic mass is 16.5. The van der Waals surface area contributed by atoms with Gasteiger partial charge in [-0.05, 0) is 31.7 Å². The van der Waals surface area contributed by atoms with Crippen LogP contribution in [0.5, 0.6) is 0 Å². The Kier molecular flexibility index (Phi) is 3.76. The normalized spacial score (nSPS) is 33.5. The monoisotopic (exact) mass is 211 g/mol. The summed E-state index contributed by atoms with van der Waals surface area (Å²) in [5, 5.41) is 0. The molecule has 0 amide bonds. The van der Waals surface area contributed by atoms with E-state index in [9.17, 15) is 4.79 Å². The molecule has 0 spiro atoms. The third-order valence-electron chi connectivity index (χ3n) is 3.69. The summed E-state index contributed by atoms with van der Waals surface area (Å²) in [6.45, 7) is 3.16. The number of hydrogen-bond acceptors (Lipinski definition) is 3. The highest BCUT2D eigenvalue weighted by Gasteiger charge is 2.30. The van der Waals surface area contributed by atoms with E-state index in [1.165, 1.54) is 12.8 Å². The number of hydrogen-bond donors (Lipinski definition) is 0. The molecule has 1 aliphatic carbocycles. The Bertz CT molecular complexity index is 230. The second-order valence-corrected chi connectivity index (χ2v) is 4.89. The van der Waals surface area contributed by atoms with Crippen molar-refractivity contribution in [3.63, 3.8) is 0 Å². The second-order valence-electron chi connectivity index (χ2n) is 4.89. The fourth-order valence-corrected chi connectivity index (χ4v) is 2.88. The smallest absolute Gasteiger partial charge is 0.134 e. The Morgan fingerprint density at radius 3 is 3.07 bits per heavy atom. The van der Waals surface area contributed by atoms with Crippen molar-refractivity contribution in [1.29, 1.82) is 0 Å². The molecule has 0 aromatic rings. The molecule has 1 heterocycles. The van der Waals surface area contributed by atoms with E-state index < -0.39 is 0 Å². The summed E-state index contributed by atoms with van der Waals surface area (Å²) in [7, 11) is 1.77. The number of methoxy groups -OCH3 is 1. The number of carbonyl (C=O) groups is 1. The van der Waals surface area contributed by atoms with E-state index in [0.29, 0.717) is 17.7 Å². The largest absolute Gasteiger partial charge is 0.384 e. The van der Waals surface area contributed by atoms with E-state index in [2.05, 4.69) is 4.90 Å². The quantitative estimate of drug-likeness (QED) is 0.708. The minimum atomic E-state index is 0.460. The van der Waals surface area contributed by atoms with Gasteiger partial charge in [-0.1, -0.05) is 0 Å². The summed E-state index contributed by atoms with van der Waals surface area (Å²) in [5.41, 5.74) is 0. The lowest BCUT2D eigenvalue weighted by Gasteiger charge is -2.30. The summed E-state index contributed by atoms with van der Waals surface area (Å²) in [6, 6.07) is 0.535. The van der Waals surface area contributed by atoms with Crippen LogP contribution >= 0.6 is 0 Å². The molecule has 0 bridgehead atoms. The first-order valence-electron chi connectivity index (χ1n) is 6.04. The first kappa shape index (κ1) is 11.1. The van der Waals surface area contributed by atoms with Gasteiger partial charge in [0, 0.05) is 32.5 Å². The van der Waals surface area contributed by atoms with E-state index in [-0.39, 0.29) is 0 Å². The van der Waals surface area contributed by atoms with Crippen LogP contribution in [-0.4, -0.2) is 43.5 Å². The maximum absolute atomic E-state index is 11.4. The lowest BCUT2D eigenvalue weighted by Crippen LogP contribution is -2.37. The number of ketones is 1. The molecule has 1 aliphatic heterocycles. The zero-order valence-electron chi connectivity index (χ0n) is 9.58. The summed E-state index contributed by atoms with van der Waals surface area (Å²) in [4.78, 5) is 13.9. The average molecular weight is 211 g/mol. The minimum absolute atomic E-state index is 0.460. The van der Waals surface area contributed by atoms with Crippen molar-refractivity contribution in [3.8, 4) is 0 Å². The van der Waals surface area contributed by atoms with Gasteiger partial charge in [-0.3, -0.25) is 9.69 Å². The van der Waals surface area contributed by atoms with Gasteiger partial charge in [0.15, 0.2) is 0 Å². The van der Waals surface area contributed by atoms with Crippen molar-refractivity contribution < 1.29 is 9.53 Å². The van der Waals surface area contributed by atoms with Gasteiger partial charge in [0.2, 0.25) is 0 Å². The summed E-state index contributed by atoms with van der Waals surface area (Å²) < 4.78 is 5.19. The Morgan fingerprint density at radius 1 is 1.47 bits per heavy atom. The molecule has 3 heteroatoms. The van der Waals surface area contributed by atoms with E-state index in [4.69, 9.17) is 4.74 Å². The van der Waals surface area contributed by atoms with Gasteiger partial charge in [-0.15, -0.1) is 0 Å². The Hall–Kier alpha value is -0.410. The molecular weight excluding hydrogens is 190 g/mol. The van der Waals surface area contributed by atoms with Crippen molar-refractivity contribution in [2.24, 2.45) is 5.92 Å². The van der Waals surface area contributed by atoms with E-state index in [1.807, 2.05) is 0 Å². The van der Waals surface area contributed by atoms with Crippen molar-refractivity contribution in [2.45, 2.75) is 38.1 Å². The fraction of sp³-hybridized carbons (Fsp3) is 0.917. The minimum Gasteiger partial charge on any atom is -0.384 e. The Balaban J connectivity index is 1.81. The van der Waals surface area contributed by atoms with Crippen molar-refractivity contribution in [3.05, 3.63) is 0 Å². The molecule has 0 N–H and O–H groups in total. The fourth-order valence-electron chi connectivity index (χ4n) is 2.88. The summed E-state index contributed by atoms with van der Waals surface area (Å²) in [6.07, 6.45) is 5.14. The van der Waals surface area contributed by atoms with Gasteiger partial charge < -0.3 is 4.74 Å². The lowest BCUT2D eigenvalue weighted by molar-refractivity contribution is -0.121. The first-order chi connectivity index (χ1) is 7.29. The van der Waals surface area contributed by atoms with Crippen LogP contribution in [0, 0.1) is 5.92 Å². The number of ether oxygens (including phenoxy) is 1. The summed E-state index contributed by atoms with van der Waals surface area (Å²) in [5.74, 6) is 1.15. The molecule has 0 radical (unpaired) electrons. The van der Waals surface area contributed by atoms with Gasteiger partial charge in [0.05, 0.1) is 6.61 Å². The van der Waals surface area contributed by atoms with Crippen LogP contribution in [0.3, 0.4) is 0 Å². The van der Waals surface area contributed by atoms with Crippen molar-refractivity contribution in [1.82, 2.24) is 4.90 Å². The SMILES string of the molecule is COCC1CCN(C2CCCC(=O)C2)C1. The molecule has 2 atom stereocenters. The van der Waals surface area contributed by atoms with E-state index >= 15 is 0 Å². The predicted molar refractivity (Wildman–Crippen MR) is 58.8 cm³/mol. The third-order valence-corrected chi connectivity index (χ3v) is 3.69. The van der Waals surface area contributed by atoms with Gasteiger partial charge in [-0.2, -0.15) is 0 Å². The van der Waals surface area contributed by atoms with Crippen LogP contribution in [0.2, 0.25) is 0 Å². The van der Waals surface area contributed by atoms with E-state index in [0.717, 1.165) is 39.0 Å². The Labute approximate surface area is 91.8 Å². The van der Waals surface area contributed by atoms with Crippen molar-refractivity contribution in [2.75, 3.05) is 26.8 Å². The first-order valence-corrected chi connectivity index (χ1v) is 6.04. The molecule has 0 aromatic carbocycles. The topological polar surface area (TPSA) is 29.5 Å². The zero-order chi connectivity index (χ0) is 10.7. The Morgan fingerprint density at radius 2 is 2.33 bits per heavy atom. The summed E-state index contributed by atoms with van der Waals surface area (Å²) >= 11 is 0. The number of nitrogens with zero attached hydrogens (tertiary/aromatic N) is 1.